The van der Waals surface area contributed by atoms with Crippen LogP contribution in [0.25, 0.3) is 0 Å². The standard InChI is InChI=1S/C18H16F4N2O5/c1-10(2)28-15-8-7-14(16(24(26)27)13(15)9-25)23-11-3-5-12(6-4-11)29-18(21,22)17(19)20/h3-8,10,16-17,23H,1-2H3. The van der Waals surface area contributed by atoms with Crippen LogP contribution in [0.4, 0.5) is 23.2 Å². The minimum absolute atomic E-state index is 0.00367. The van der Waals surface area contributed by atoms with Gasteiger partial charge in [0.2, 0.25) is 0 Å². The second-order valence-electron chi connectivity index (χ2n) is 6.14. The number of anilines is 1. The van der Waals surface area contributed by atoms with Gasteiger partial charge < -0.3 is 14.8 Å². The maximum atomic E-state index is 12.9. The molecule has 7 nitrogen and oxygen atoms in total. The van der Waals surface area contributed by atoms with E-state index >= 15 is 0 Å². The van der Waals surface area contributed by atoms with Gasteiger partial charge in [-0.1, -0.05) is 0 Å². The van der Waals surface area contributed by atoms with E-state index in [2.05, 4.69) is 10.1 Å². The smallest absolute Gasteiger partial charge is 0.461 e. The fourth-order valence-electron chi connectivity index (χ4n) is 2.40. The molecule has 0 spiro atoms. The van der Waals surface area contributed by atoms with Crippen LogP contribution >= 0.6 is 0 Å². The number of hydrogen-bond acceptors (Lipinski definition) is 6. The first-order valence-corrected chi connectivity index (χ1v) is 8.24. The maximum absolute atomic E-state index is 12.9. The van der Waals surface area contributed by atoms with Crippen LogP contribution in [0, 0.1) is 10.1 Å². The number of alkyl halides is 4. The molecule has 1 aromatic rings. The number of carbonyl (C=O) groups excluding carboxylic acids is 1. The molecule has 0 saturated heterocycles. The Hall–Kier alpha value is -3.33. The number of nitro groups is 1. The molecule has 0 fully saturated rings. The summed E-state index contributed by atoms with van der Waals surface area (Å²) in [4.78, 5) is 22.1. The Morgan fingerprint density at radius 1 is 1.21 bits per heavy atom. The summed E-state index contributed by atoms with van der Waals surface area (Å²) in [5, 5.41) is 14.2. The van der Waals surface area contributed by atoms with Gasteiger partial charge >= 0.3 is 12.5 Å². The molecule has 0 aromatic heterocycles. The molecule has 0 aliphatic heterocycles. The molecule has 1 unspecified atom stereocenters. The summed E-state index contributed by atoms with van der Waals surface area (Å²) in [5.74, 6) is 1.02. The molecule has 0 radical (unpaired) electrons. The number of ether oxygens (including phenoxy) is 2. The Balaban J connectivity index is 2.25. The number of allylic oxidation sites excluding steroid dienone is 2. The largest absolute Gasteiger partial charge is 0.490 e. The number of hydrogen-bond donors (Lipinski definition) is 1. The minimum atomic E-state index is -4.65. The summed E-state index contributed by atoms with van der Waals surface area (Å²) in [5.41, 5.74) is -0.107. The summed E-state index contributed by atoms with van der Waals surface area (Å²) < 4.78 is 59.5. The molecule has 0 saturated carbocycles. The average Bonchev–Trinajstić information content (AvgIpc) is 2.63. The molecule has 156 valence electrons. The maximum Gasteiger partial charge on any atom is 0.461 e. The molecule has 1 aliphatic carbocycles. The summed E-state index contributed by atoms with van der Waals surface area (Å²) in [7, 11) is 0. The van der Waals surface area contributed by atoms with Crippen molar-refractivity contribution in [2.45, 2.75) is 38.5 Å². The lowest BCUT2D eigenvalue weighted by Crippen LogP contribution is -2.33. The van der Waals surface area contributed by atoms with E-state index < -0.39 is 29.2 Å². The Kier molecular flexibility index (Phi) is 6.65. The zero-order chi connectivity index (χ0) is 21.8. The van der Waals surface area contributed by atoms with Crippen LogP contribution < -0.4 is 10.1 Å². The zero-order valence-electron chi connectivity index (χ0n) is 15.2. The predicted octanol–water partition coefficient (Wildman–Crippen LogP) is 3.94. The zero-order valence-corrected chi connectivity index (χ0v) is 15.2. The lowest BCUT2D eigenvalue weighted by atomic mass is 9.98. The Morgan fingerprint density at radius 2 is 1.83 bits per heavy atom. The van der Waals surface area contributed by atoms with Crippen LogP contribution in [-0.2, 0) is 9.53 Å². The first-order valence-electron chi connectivity index (χ1n) is 8.24. The highest BCUT2D eigenvalue weighted by molar-refractivity contribution is 5.67. The van der Waals surface area contributed by atoms with Crippen molar-refractivity contribution >= 4 is 11.6 Å². The first kappa shape index (κ1) is 22.0. The highest BCUT2D eigenvalue weighted by Crippen LogP contribution is 2.31. The van der Waals surface area contributed by atoms with Gasteiger partial charge in [-0.3, -0.25) is 10.1 Å². The van der Waals surface area contributed by atoms with Crippen molar-refractivity contribution in [2.24, 2.45) is 0 Å². The number of halogens is 4. The van der Waals surface area contributed by atoms with E-state index in [0.29, 0.717) is 0 Å². The molecule has 0 amide bonds. The average molecular weight is 416 g/mol. The second kappa shape index (κ2) is 8.78. The van der Waals surface area contributed by atoms with Crippen molar-refractivity contribution in [1.82, 2.24) is 0 Å². The van der Waals surface area contributed by atoms with Crippen LogP contribution in [0.2, 0.25) is 0 Å². The summed E-state index contributed by atoms with van der Waals surface area (Å²) in [6.07, 6.45) is -6.29. The fraction of sp³-hybridized carbons (Fsp3) is 0.333. The molecule has 1 aliphatic rings. The van der Waals surface area contributed by atoms with Crippen molar-refractivity contribution in [2.75, 3.05) is 5.32 Å². The van der Waals surface area contributed by atoms with Gasteiger partial charge in [0.05, 0.1) is 11.8 Å². The molecular weight excluding hydrogens is 400 g/mol. The van der Waals surface area contributed by atoms with Gasteiger partial charge in [0.15, 0.2) is 5.57 Å². The topological polar surface area (TPSA) is 90.7 Å². The molecular formula is C18H16F4N2O5. The van der Waals surface area contributed by atoms with Crippen molar-refractivity contribution in [3.8, 4) is 5.75 Å². The molecule has 1 atom stereocenters. The van der Waals surface area contributed by atoms with Crippen LogP contribution in [0.15, 0.2) is 53.4 Å². The van der Waals surface area contributed by atoms with E-state index in [1.807, 2.05) is 0 Å². The molecule has 11 heteroatoms. The lowest BCUT2D eigenvalue weighted by Gasteiger charge is -2.22. The lowest BCUT2D eigenvalue weighted by molar-refractivity contribution is -0.501. The Labute approximate surface area is 162 Å². The first-order chi connectivity index (χ1) is 13.5. The van der Waals surface area contributed by atoms with Crippen molar-refractivity contribution in [1.29, 1.82) is 0 Å². The number of nitrogens with one attached hydrogen (secondary N) is 1. The molecule has 0 bridgehead atoms. The highest BCUT2D eigenvalue weighted by Gasteiger charge is 2.44. The molecule has 1 aromatic carbocycles. The summed E-state index contributed by atoms with van der Waals surface area (Å²) >= 11 is 0. The van der Waals surface area contributed by atoms with E-state index in [0.717, 1.165) is 12.1 Å². The Morgan fingerprint density at radius 3 is 2.31 bits per heavy atom. The van der Waals surface area contributed by atoms with Crippen molar-refractivity contribution in [3.63, 3.8) is 0 Å². The quantitative estimate of drug-likeness (QED) is 0.299. The Bertz CT molecular complexity index is 875. The summed E-state index contributed by atoms with van der Waals surface area (Å²) in [6, 6.07) is 2.78. The van der Waals surface area contributed by atoms with Crippen LogP contribution in [0.5, 0.6) is 5.75 Å². The molecule has 1 N–H and O–H groups in total. The van der Waals surface area contributed by atoms with E-state index in [1.165, 1.54) is 30.2 Å². The normalized spacial score (nSPS) is 16.8. The van der Waals surface area contributed by atoms with Crippen LogP contribution in [0.1, 0.15) is 13.8 Å². The van der Waals surface area contributed by atoms with Gasteiger partial charge in [0.1, 0.15) is 17.5 Å². The van der Waals surface area contributed by atoms with E-state index in [9.17, 15) is 32.5 Å². The van der Waals surface area contributed by atoms with Crippen molar-refractivity contribution in [3.05, 3.63) is 63.6 Å². The van der Waals surface area contributed by atoms with Gasteiger partial charge in [-0.2, -0.15) is 17.6 Å². The van der Waals surface area contributed by atoms with Crippen LogP contribution in [-0.4, -0.2) is 35.5 Å². The third kappa shape index (κ3) is 5.35. The second-order valence-corrected chi connectivity index (χ2v) is 6.14. The third-order valence-corrected chi connectivity index (χ3v) is 3.58. The number of rotatable bonds is 8. The summed E-state index contributed by atoms with van der Waals surface area (Å²) in [6.45, 7) is 3.37. The molecule has 0 heterocycles. The highest BCUT2D eigenvalue weighted by atomic mass is 19.3. The molecule has 29 heavy (non-hydrogen) atoms. The van der Waals surface area contributed by atoms with Crippen molar-refractivity contribution < 1.29 is 36.8 Å². The van der Waals surface area contributed by atoms with Gasteiger partial charge in [0, 0.05) is 10.6 Å². The number of nitrogens with zero attached hydrogens (tertiary/aromatic N) is 1. The minimum Gasteiger partial charge on any atom is -0.490 e. The van der Waals surface area contributed by atoms with Gasteiger partial charge in [-0.15, -0.1) is 0 Å². The van der Waals surface area contributed by atoms with Gasteiger partial charge in [-0.05, 0) is 50.3 Å². The van der Waals surface area contributed by atoms with E-state index in [4.69, 9.17) is 4.74 Å². The van der Waals surface area contributed by atoms with Gasteiger partial charge in [-0.25, -0.2) is 4.79 Å². The third-order valence-electron chi connectivity index (χ3n) is 3.58. The molecule has 2 rings (SSSR count). The van der Waals surface area contributed by atoms with Gasteiger partial charge in [0.25, 0.3) is 6.04 Å². The number of benzene rings is 1. The monoisotopic (exact) mass is 416 g/mol. The van der Waals surface area contributed by atoms with E-state index in [1.54, 1.807) is 13.8 Å². The predicted molar refractivity (Wildman–Crippen MR) is 94.0 cm³/mol. The fourth-order valence-corrected chi connectivity index (χ4v) is 2.40. The SMILES string of the molecule is CC(C)OC1=CC=C(Nc2ccc(OC(F)(F)C(F)F)cc2)C([N+](=O)[O-])C1=C=O. The van der Waals surface area contributed by atoms with E-state index in [-0.39, 0.29) is 28.8 Å². The van der Waals surface area contributed by atoms with Crippen LogP contribution in [0.3, 0.4) is 0 Å².